The van der Waals surface area contributed by atoms with Crippen molar-refractivity contribution >= 4 is 0 Å². The van der Waals surface area contributed by atoms with Gasteiger partial charge < -0.3 is 4.57 Å². The van der Waals surface area contributed by atoms with Crippen molar-refractivity contribution < 1.29 is 4.39 Å². The molecule has 0 atom stereocenters. The Labute approximate surface area is 93.2 Å². The van der Waals surface area contributed by atoms with Crippen LogP contribution in [0, 0.1) is 5.82 Å². The van der Waals surface area contributed by atoms with Gasteiger partial charge in [0.05, 0.1) is 6.20 Å². The van der Waals surface area contributed by atoms with Crippen molar-refractivity contribution in [3.63, 3.8) is 0 Å². The number of pyridine rings is 1. The minimum Gasteiger partial charge on any atom is -0.307 e. The van der Waals surface area contributed by atoms with Crippen molar-refractivity contribution in [2.24, 2.45) is 0 Å². The van der Waals surface area contributed by atoms with E-state index in [1.165, 1.54) is 12.3 Å². The summed E-state index contributed by atoms with van der Waals surface area (Å²) in [5.41, 5.74) is 0.489. The molecule has 2 aromatic heterocycles. The van der Waals surface area contributed by atoms with E-state index in [1.807, 2.05) is 25.3 Å². The van der Waals surface area contributed by atoms with E-state index < -0.39 is 0 Å². The van der Waals surface area contributed by atoms with Gasteiger partial charge in [-0.25, -0.2) is 9.37 Å². The van der Waals surface area contributed by atoms with Gasteiger partial charge in [-0.05, 0) is 32.9 Å². The fourth-order valence-electron chi connectivity index (χ4n) is 1.41. The Balaban J connectivity index is 2.49. The molecule has 2 aromatic rings. The van der Waals surface area contributed by atoms with Crippen LogP contribution >= 0.6 is 0 Å². The summed E-state index contributed by atoms with van der Waals surface area (Å²) in [7, 11) is 0. The van der Waals surface area contributed by atoms with E-state index in [-0.39, 0.29) is 11.4 Å². The Morgan fingerprint density at radius 2 is 2.00 bits per heavy atom. The van der Waals surface area contributed by atoms with Gasteiger partial charge >= 0.3 is 0 Å². The lowest BCUT2D eigenvalue weighted by Gasteiger charge is -2.21. The standard InChI is InChI=1S/C11H13FN4/c1-11(2,3)16-7-14-15-10(16)9-5-4-8(12)6-13-9/h4-7H,1-3H3. The van der Waals surface area contributed by atoms with E-state index in [1.54, 1.807) is 12.4 Å². The molecule has 0 spiro atoms. The summed E-state index contributed by atoms with van der Waals surface area (Å²) in [5, 5.41) is 7.88. The number of hydrogen-bond donors (Lipinski definition) is 0. The maximum absolute atomic E-state index is 12.8. The third-order valence-corrected chi connectivity index (χ3v) is 2.23. The van der Waals surface area contributed by atoms with E-state index in [9.17, 15) is 4.39 Å². The van der Waals surface area contributed by atoms with Crippen LogP contribution in [0.25, 0.3) is 11.5 Å². The van der Waals surface area contributed by atoms with Crippen molar-refractivity contribution in [1.82, 2.24) is 19.7 Å². The molecule has 0 unspecified atom stereocenters. The van der Waals surface area contributed by atoms with Crippen molar-refractivity contribution in [3.8, 4) is 11.5 Å². The normalized spacial score (nSPS) is 11.8. The Morgan fingerprint density at radius 3 is 2.56 bits per heavy atom. The summed E-state index contributed by atoms with van der Waals surface area (Å²) in [5.74, 6) is 0.290. The molecule has 84 valence electrons. The van der Waals surface area contributed by atoms with Gasteiger partial charge in [0.15, 0.2) is 5.82 Å². The van der Waals surface area contributed by atoms with Gasteiger partial charge in [-0.3, -0.25) is 0 Å². The van der Waals surface area contributed by atoms with Gasteiger partial charge in [-0.1, -0.05) is 0 Å². The molecule has 16 heavy (non-hydrogen) atoms. The Hall–Kier alpha value is -1.78. The largest absolute Gasteiger partial charge is 0.307 e. The molecule has 2 heterocycles. The van der Waals surface area contributed by atoms with Gasteiger partial charge in [-0.15, -0.1) is 10.2 Å². The maximum atomic E-state index is 12.8. The first-order valence-corrected chi connectivity index (χ1v) is 5.01. The lowest BCUT2D eigenvalue weighted by Crippen LogP contribution is -2.22. The Morgan fingerprint density at radius 1 is 1.25 bits per heavy atom. The zero-order valence-electron chi connectivity index (χ0n) is 9.48. The fraction of sp³-hybridized carbons (Fsp3) is 0.364. The predicted molar refractivity (Wildman–Crippen MR) is 58.2 cm³/mol. The molecule has 5 heteroatoms. The molecule has 0 aromatic carbocycles. The molecule has 0 bridgehead atoms. The van der Waals surface area contributed by atoms with Crippen LogP contribution in [0.1, 0.15) is 20.8 Å². The SMILES string of the molecule is CC(C)(C)n1cnnc1-c1ccc(F)cn1. The highest BCUT2D eigenvalue weighted by Gasteiger charge is 2.19. The molecule has 4 nitrogen and oxygen atoms in total. The van der Waals surface area contributed by atoms with Crippen LogP contribution in [0.15, 0.2) is 24.7 Å². The summed E-state index contributed by atoms with van der Waals surface area (Å²) in [6.45, 7) is 6.14. The summed E-state index contributed by atoms with van der Waals surface area (Å²) < 4.78 is 14.7. The summed E-state index contributed by atoms with van der Waals surface area (Å²) >= 11 is 0. The predicted octanol–water partition coefficient (Wildman–Crippen LogP) is 2.23. The van der Waals surface area contributed by atoms with E-state index in [2.05, 4.69) is 15.2 Å². The first-order valence-electron chi connectivity index (χ1n) is 5.01. The number of nitrogens with zero attached hydrogens (tertiary/aromatic N) is 4. The molecule has 0 aliphatic carbocycles. The van der Waals surface area contributed by atoms with Crippen LogP contribution in [-0.2, 0) is 5.54 Å². The Kier molecular flexibility index (Phi) is 2.46. The summed E-state index contributed by atoms with van der Waals surface area (Å²) in [6, 6.07) is 2.96. The second kappa shape index (κ2) is 3.66. The monoisotopic (exact) mass is 220 g/mol. The molecule has 0 N–H and O–H groups in total. The highest BCUT2D eigenvalue weighted by atomic mass is 19.1. The van der Waals surface area contributed by atoms with E-state index in [0.29, 0.717) is 11.5 Å². The van der Waals surface area contributed by atoms with Crippen molar-refractivity contribution in [1.29, 1.82) is 0 Å². The summed E-state index contributed by atoms with van der Waals surface area (Å²) in [6.07, 6.45) is 2.83. The van der Waals surface area contributed by atoms with Crippen LogP contribution in [0.3, 0.4) is 0 Å². The van der Waals surface area contributed by atoms with Crippen molar-refractivity contribution in [2.45, 2.75) is 26.3 Å². The lowest BCUT2D eigenvalue weighted by atomic mass is 10.1. The third-order valence-electron chi connectivity index (χ3n) is 2.23. The zero-order chi connectivity index (χ0) is 11.8. The first-order chi connectivity index (χ1) is 7.48. The lowest BCUT2D eigenvalue weighted by molar-refractivity contribution is 0.399. The van der Waals surface area contributed by atoms with Crippen molar-refractivity contribution in [2.75, 3.05) is 0 Å². The number of hydrogen-bond acceptors (Lipinski definition) is 3. The average molecular weight is 220 g/mol. The van der Waals surface area contributed by atoms with Crippen LogP contribution in [0.5, 0.6) is 0 Å². The molecule has 2 rings (SSSR count). The molecule has 0 radical (unpaired) electrons. The van der Waals surface area contributed by atoms with Gasteiger partial charge in [0, 0.05) is 5.54 Å². The molecular weight excluding hydrogens is 207 g/mol. The fourth-order valence-corrected chi connectivity index (χ4v) is 1.41. The second-order valence-corrected chi connectivity index (χ2v) is 4.56. The molecule has 0 fully saturated rings. The average Bonchev–Trinajstić information content (AvgIpc) is 2.66. The minimum atomic E-state index is -0.356. The summed E-state index contributed by atoms with van der Waals surface area (Å²) in [4.78, 5) is 4.00. The smallest absolute Gasteiger partial charge is 0.182 e. The van der Waals surface area contributed by atoms with E-state index in [4.69, 9.17) is 0 Å². The molecular formula is C11H13FN4. The van der Waals surface area contributed by atoms with Crippen molar-refractivity contribution in [3.05, 3.63) is 30.5 Å². The van der Waals surface area contributed by atoms with E-state index in [0.717, 1.165) is 0 Å². The number of aromatic nitrogens is 4. The quantitative estimate of drug-likeness (QED) is 0.740. The second-order valence-electron chi connectivity index (χ2n) is 4.56. The molecule has 0 aliphatic heterocycles. The number of rotatable bonds is 1. The molecule has 0 saturated heterocycles. The van der Waals surface area contributed by atoms with Gasteiger partial charge in [-0.2, -0.15) is 0 Å². The third kappa shape index (κ3) is 1.93. The highest BCUT2D eigenvalue weighted by molar-refractivity contribution is 5.48. The maximum Gasteiger partial charge on any atom is 0.182 e. The first kappa shape index (κ1) is 10.7. The molecule has 0 saturated carbocycles. The van der Waals surface area contributed by atoms with Crippen LogP contribution < -0.4 is 0 Å². The highest BCUT2D eigenvalue weighted by Crippen LogP contribution is 2.21. The molecule has 0 aliphatic rings. The van der Waals surface area contributed by atoms with Crippen LogP contribution in [-0.4, -0.2) is 19.7 Å². The molecule has 0 amide bonds. The topological polar surface area (TPSA) is 43.6 Å². The van der Waals surface area contributed by atoms with Crippen LogP contribution in [0.4, 0.5) is 4.39 Å². The van der Waals surface area contributed by atoms with Gasteiger partial charge in [0.2, 0.25) is 0 Å². The van der Waals surface area contributed by atoms with Gasteiger partial charge in [0.1, 0.15) is 17.8 Å². The Bertz CT molecular complexity index is 481. The van der Waals surface area contributed by atoms with E-state index >= 15 is 0 Å². The number of halogens is 1. The van der Waals surface area contributed by atoms with Crippen LogP contribution in [0.2, 0.25) is 0 Å². The van der Waals surface area contributed by atoms with Gasteiger partial charge in [0.25, 0.3) is 0 Å². The minimum absolute atomic E-state index is 0.130. The zero-order valence-corrected chi connectivity index (χ0v) is 9.48.